The maximum absolute atomic E-state index is 6.03. The Hall–Kier alpha value is -0.770. The molecule has 1 aromatic rings. The lowest BCUT2D eigenvalue weighted by Crippen LogP contribution is -2.44. The normalized spacial score (nSPS) is 24.6. The fraction of sp³-hybridized carbons (Fsp3) is 0.647. The molecule has 0 radical (unpaired) electrons. The Bertz CT molecular complexity index is 498. The highest BCUT2D eigenvalue weighted by Crippen LogP contribution is 2.32. The number of halogens is 1. The van der Waals surface area contributed by atoms with Gasteiger partial charge in [-0.2, -0.15) is 0 Å². The maximum atomic E-state index is 6.03. The molecule has 3 nitrogen and oxygen atoms in total. The molecule has 21 heavy (non-hydrogen) atoms. The summed E-state index contributed by atoms with van der Waals surface area (Å²) in [4.78, 5) is 2.42. The molecule has 0 aliphatic carbocycles. The summed E-state index contributed by atoms with van der Waals surface area (Å²) in [7, 11) is 2.21. The summed E-state index contributed by atoms with van der Waals surface area (Å²) in [6.45, 7) is 6.82. The minimum atomic E-state index is 0.244. The van der Waals surface area contributed by atoms with Gasteiger partial charge in [0.25, 0.3) is 0 Å². The van der Waals surface area contributed by atoms with Crippen molar-refractivity contribution in [2.24, 2.45) is 5.41 Å². The van der Waals surface area contributed by atoms with Crippen molar-refractivity contribution in [3.05, 3.63) is 28.8 Å². The van der Waals surface area contributed by atoms with Crippen molar-refractivity contribution in [2.45, 2.75) is 32.3 Å². The molecule has 2 aliphatic rings. The van der Waals surface area contributed by atoms with E-state index >= 15 is 0 Å². The van der Waals surface area contributed by atoms with Gasteiger partial charge in [-0.1, -0.05) is 18.5 Å². The average Bonchev–Trinajstić information content (AvgIpc) is 2.84. The van der Waals surface area contributed by atoms with E-state index in [0.29, 0.717) is 5.41 Å². The van der Waals surface area contributed by atoms with Crippen LogP contribution < -0.4 is 10.1 Å². The zero-order valence-corrected chi connectivity index (χ0v) is 13.7. The van der Waals surface area contributed by atoms with Crippen LogP contribution in [0.5, 0.6) is 5.75 Å². The number of ether oxygens (including phenoxy) is 1. The fourth-order valence-electron chi connectivity index (χ4n) is 3.27. The zero-order chi connectivity index (χ0) is 14.9. The van der Waals surface area contributed by atoms with Gasteiger partial charge in [-0.15, -0.1) is 0 Å². The van der Waals surface area contributed by atoms with Gasteiger partial charge in [-0.25, -0.2) is 0 Å². The van der Waals surface area contributed by atoms with E-state index < -0.39 is 0 Å². The Morgan fingerprint density at radius 1 is 1.38 bits per heavy atom. The molecule has 0 spiro atoms. The Kier molecular flexibility index (Phi) is 4.43. The average molecular weight is 309 g/mol. The molecule has 1 N–H and O–H groups in total. The zero-order valence-electron chi connectivity index (χ0n) is 13.0. The first-order valence-electron chi connectivity index (χ1n) is 7.88. The van der Waals surface area contributed by atoms with E-state index in [1.807, 2.05) is 18.2 Å². The SMILES string of the molecule is CN1CCC(C)(CNCC2Cc3cc(Cl)ccc3O2)CC1. The molecule has 1 unspecified atom stereocenters. The lowest BCUT2D eigenvalue weighted by molar-refractivity contribution is 0.131. The van der Waals surface area contributed by atoms with E-state index in [9.17, 15) is 0 Å². The smallest absolute Gasteiger partial charge is 0.123 e. The maximum Gasteiger partial charge on any atom is 0.123 e. The molecule has 0 saturated carbocycles. The third kappa shape index (κ3) is 3.71. The largest absolute Gasteiger partial charge is 0.488 e. The van der Waals surface area contributed by atoms with Crippen LogP contribution in [0.2, 0.25) is 5.02 Å². The number of nitrogens with one attached hydrogen (secondary N) is 1. The predicted molar refractivity (Wildman–Crippen MR) is 87.3 cm³/mol. The van der Waals surface area contributed by atoms with Crippen molar-refractivity contribution in [3.8, 4) is 5.75 Å². The highest BCUT2D eigenvalue weighted by molar-refractivity contribution is 6.30. The van der Waals surface area contributed by atoms with Crippen LogP contribution in [-0.4, -0.2) is 44.2 Å². The van der Waals surface area contributed by atoms with Gasteiger partial charge >= 0.3 is 0 Å². The number of likely N-dealkylation sites (tertiary alicyclic amines) is 1. The van der Waals surface area contributed by atoms with Crippen molar-refractivity contribution in [2.75, 3.05) is 33.2 Å². The predicted octanol–water partition coefficient (Wildman–Crippen LogP) is 2.97. The molecule has 1 aromatic carbocycles. The van der Waals surface area contributed by atoms with Crippen LogP contribution in [0, 0.1) is 5.41 Å². The molecule has 116 valence electrons. The molecule has 4 heteroatoms. The van der Waals surface area contributed by atoms with E-state index in [1.165, 1.54) is 31.5 Å². The summed E-state index contributed by atoms with van der Waals surface area (Å²) < 4.78 is 5.97. The molecule has 0 bridgehead atoms. The summed E-state index contributed by atoms with van der Waals surface area (Å²) in [6.07, 6.45) is 3.76. The molecule has 2 aliphatic heterocycles. The van der Waals surface area contributed by atoms with Crippen LogP contribution in [-0.2, 0) is 6.42 Å². The second kappa shape index (κ2) is 6.15. The van der Waals surface area contributed by atoms with Gasteiger partial charge in [-0.3, -0.25) is 0 Å². The fourth-order valence-corrected chi connectivity index (χ4v) is 3.47. The van der Waals surface area contributed by atoms with Crippen LogP contribution in [0.4, 0.5) is 0 Å². The van der Waals surface area contributed by atoms with E-state index in [2.05, 4.69) is 24.2 Å². The van der Waals surface area contributed by atoms with Gasteiger partial charge < -0.3 is 15.0 Å². The van der Waals surface area contributed by atoms with E-state index in [-0.39, 0.29) is 6.10 Å². The first-order valence-corrected chi connectivity index (χ1v) is 8.26. The number of rotatable bonds is 4. The lowest BCUT2D eigenvalue weighted by Gasteiger charge is -2.38. The Morgan fingerprint density at radius 3 is 2.90 bits per heavy atom. The summed E-state index contributed by atoms with van der Waals surface area (Å²) >= 11 is 6.03. The highest BCUT2D eigenvalue weighted by Gasteiger charge is 2.29. The van der Waals surface area contributed by atoms with E-state index in [0.717, 1.165) is 30.3 Å². The van der Waals surface area contributed by atoms with Crippen LogP contribution in [0.1, 0.15) is 25.3 Å². The summed E-state index contributed by atoms with van der Waals surface area (Å²) in [5, 5.41) is 4.42. The second-order valence-electron chi connectivity index (χ2n) is 6.94. The molecule has 1 saturated heterocycles. The monoisotopic (exact) mass is 308 g/mol. The minimum absolute atomic E-state index is 0.244. The summed E-state index contributed by atoms with van der Waals surface area (Å²) in [5.74, 6) is 0.997. The number of piperidine rings is 1. The number of hydrogen-bond acceptors (Lipinski definition) is 3. The second-order valence-corrected chi connectivity index (χ2v) is 7.38. The molecule has 3 rings (SSSR count). The van der Waals surface area contributed by atoms with Crippen LogP contribution in [0.3, 0.4) is 0 Å². The van der Waals surface area contributed by atoms with Crippen molar-refractivity contribution < 1.29 is 4.74 Å². The standard InChI is InChI=1S/C17H25ClN2O/c1-17(5-7-20(2)8-6-17)12-19-11-15-10-13-9-14(18)3-4-16(13)21-15/h3-4,9,15,19H,5-8,10-12H2,1-2H3. The number of fused-ring (bicyclic) bond motifs is 1. The summed E-state index contributed by atoms with van der Waals surface area (Å²) in [6, 6.07) is 5.90. The quantitative estimate of drug-likeness (QED) is 0.925. The molecule has 0 amide bonds. The van der Waals surface area contributed by atoms with Gasteiger partial charge in [0.2, 0.25) is 0 Å². The van der Waals surface area contributed by atoms with Crippen LogP contribution in [0.15, 0.2) is 18.2 Å². The lowest BCUT2D eigenvalue weighted by atomic mass is 9.80. The van der Waals surface area contributed by atoms with E-state index in [1.54, 1.807) is 0 Å². The van der Waals surface area contributed by atoms with Crippen molar-refractivity contribution in [1.82, 2.24) is 10.2 Å². The molecule has 2 heterocycles. The van der Waals surface area contributed by atoms with Crippen molar-refractivity contribution in [3.63, 3.8) is 0 Å². The molecular formula is C17H25ClN2O. The van der Waals surface area contributed by atoms with Crippen molar-refractivity contribution in [1.29, 1.82) is 0 Å². The number of hydrogen-bond donors (Lipinski definition) is 1. The third-order valence-electron chi connectivity index (χ3n) is 4.88. The Balaban J connectivity index is 1.45. The minimum Gasteiger partial charge on any atom is -0.488 e. The molecule has 1 fully saturated rings. The van der Waals surface area contributed by atoms with Crippen LogP contribution in [0.25, 0.3) is 0 Å². The third-order valence-corrected chi connectivity index (χ3v) is 5.12. The number of nitrogens with zero attached hydrogens (tertiary/aromatic N) is 1. The molecule has 1 atom stereocenters. The van der Waals surface area contributed by atoms with E-state index in [4.69, 9.17) is 16.3 Å². The first kappa shape index (κ1) is 15.1. The number of benzene rings is 1. The van der Waals surface area contributed by atoms with Crippen molar-refractivity contribution >= 4 is 11.6 Å². The summed E-state index contributed by atoms with van der Waals surface area (Å²) in [5.41, 5.74) is 1.67. The van der Waals surface area contributed by atoms with Gasteiger partial charge in [-0.05, 0) is 62.2 Å². The van der Waals surface area contributed by atoms with Crippen LogP contribution >= 0.6 is 11.6 Å². The van der Waals surface area contributed by atoms with Gasteiger partial charge in [0.05, 0.1) is 0 Å². The molecule has 0 aromatic heterocycles. The topological polar surface area (TPSA) is 24.5 Å². The first-order chi connectivity index (χ1) is 10.0. The van der Waals surface area contributed by atoms with Gasteiger partial charge in [0.15, 0.2) is 0 Å². The Labute approximate surface area is 132 Å². The molecular weight excluding hydrogens is 284 g/mol. The highest BCUT2D eigenvalue weighted by atomic mass is 35.5. The Morgan fingerprint density at radius 2 is 2.14 bits per heavy atom. The van der Waals surface area contributed by atoms with Gasteiger partial charge in [0, 0.05) is 24.5 Å². The van der Waals surface area contributed by atoms with Gasteiger partial charge in [0.1, 0.15) is 11.9 Å².